The third kappa shape index (κ3) is 1.50. The van der Waals surface area contributed by atoms with Crippen LogP contribution in [0.15, 0.2) is 18.3 Å². The van der Waals surface area contributed by atoms with E-state index in [2.05, 4.69) is 4.98 Å². The second-order valence-corrected chi connectivity index (χ2v) is 4.99. The van der Waals surface area contributed by atoms with Crippen molar-refractivity contribution in [1.82, 2.24) is 9.88 Å². The maximum atomic E-state index is 12.3. The number of amides is 1. The highest BCUT2D eigenvalue weighted by Gasteiger charge is 2.40. The van der Waals surface area contributed by atoms with Crippen molar-refractivity contribution in [2.45, 2.75) is 25.3 Å². The average Bonchev–Trinajstić information content (AvgIpc) is 2.90. The zero-order valence-electron chi connectivity index (χ0n) is 8.90. The Bertz CT molecular complexity index is 435. The van der Waals surface area contributed by atoms with E-state index in [1.54, 1.807) is 18.3 Å². The van der Waals surface area contributed by atoms with Crippen molar-refractivity contribution in [1.29, 1.82) is 0 Å². The molecule has 0 N–H and O–H groups in total. The third-order valence-electron chi connectivity index (χ3n) is 3.66. The van der Waals surface area contributed by atoms with Gasteiger partial charge in [0.05, 0.1) is 5.56 Å². The lowest BCUT2D eigenvalue weighted by Gasteiger charge is -2.27. The summed E-state index contributed by atoms with van der Waals surface area (Å²) in [6.07, 6.45) is 5.20. The maximum Gasteiger partial charge on any atom is 0.257 e. The first-order valence-corrected chi connectivity index (χ1v) is 6.05. The topological polar surface area (TPSA) is 33.2 Å². The number of carbonyl (C=O) groups is 1. The first-order chi connectivity index (χ1) is 7.75. The van der Waals surface area contributed by atoms with E-state index in [4.69, 9.17) is 11.6 Å². The van der Waals surface area contributed by atoms with E-state index in [1.807, 2.05) is 4.90 Å². The minimum absolute atomic E-state index is 0.0466. The highest BCUT2D eigenvalue weighted by Crippen LogP contribution is 2.38. The van der Waals surface area contributed by atoms with Gasteiger partial charge in [0.1, 0.15) is 5.15 Å². The molecule has 84 valence electrons. The summed E-state index contributed by atoms with van der Waals surface area (Å²) in [6.45, 7) is 0.898. The van der Waals surface area contributed by atoms with Crippen LogP contribution in [0.25, 0.3) is 0 Å². The van der Waals surface area contributed by atoms with Crippen LogP contribution in [0, 0.1) is 5.92 Å². The number of nitrogens with zero attached hydrogens (tertiary/aromatic N) is 2. The molecule has 1 saturated carbocycles. The summed E-state index contributed by atoms with van der Waals surface area (Å²) in [5.41, 5.74) is 0.539. The van der Waals surface area contributed by atoms with Gasteiger partial charge in [0.15, 0.2) is 0 Å². The van der Waals surface area contributed by atoms with Gasteiger partial charge in [0.2, 0.25) is 0 Å². The number of carbonyl (C=O) groups excluding carboxylic acids is 1. The molecule has 2 aliphatic rings. The number of halogens is 1. The second kappa shape index (κ2) is 3.74. The Balaban J connectivity index is 1.86. The molecule has 3 nitrogen and oxygen atoms in total. The molecule has 0 aromatic carbocycles. The molecular formula is C12H13ClN2O. The van der Waals surface area contributed by atoms with Crippen LogP contribution < -0.4 is 0 Å². The van der Waals surface area contributed by atoms with Crippen molar-refractivity contribution in [3.63, 3.8) is 0 Å². The van der Waals surface area contributed by atoms with Crippen LogP contribution >= 0.6 is 11.6 Å². The van der Waals surface area contributed by atoms with Gasteiger partial charge < -0.3 is 4.90 Å². The molecule has 2 bridgehead atoms. The van der Waals surface area contributed by atoms with Crippen molar-refractivity contribution in [2.24, 2.45) is 5.92 Å². The molecule has 1 aromatic heterocycles. The quantitative estimate of drug-likeness (QED) is 0.702. The van der Waals surface area contributed by atoms with Crippen molar-refractivity contribution in [3.05, 3.63) is 29.0 Å². The van der Waals surface area contributed by atoms with Crippen LogP contribution in [-0.4, -0.2) is 28.4 Å². The number of hydrogen-bond acceptors (Lipinski definition) is 2. The van der Waals surface area contributed by atoms with E-state index in [0.29, 0.717) is 22.7 Å². The van der Waals surface area contributed by atoms with Gasteiger partial charge in [-0.2, -0.15) is 0 Å². The van der Waals surface area contributed by atoms with Crippen LogP contribution in [0.5, 0.6) is 0 Å². The molecule has 1 aliphatic heterocycles. The molecule has 1 amide bonds. The molecule has 4 heteroatoms. The summed E-state index contributed by atoms with van der Waals surface area (Å²) in [6, 6.07) is 3.95. The SMILES string of the molecule is O=C(c1cccnc1Cl)N1C[C@@H]2CC[C@@H]1C2. The number of aromatic nitrogens is 1. The molecule has 16 heavy (non-hydrogen) atoms. The van der Waals surface area contributed by atoms with Crippen LogP contribution in [0.3, 0.4) is 0 Å². The molecule has 2 atom stereocenters. The summed E-state index contributed by atoms with van der Waals surface area (Å²) in [7, 11) is 0. The normalized spacial score (nSPS) is 27.4. The molecule has 1 aliphatic carbocycles. The molecular weight excluding hydrogens is 224 g/mol. The fourth-order valence-corrected chi connectivity index (χ4v) is 3.07. The van der Waals surface area contributed by atoms with Gasteiger partial charge in [-0.3, -0.25) is 4.79 Å². The van der Waals surface area contributed by atoms with Gasteiger partial charge in [-0.05, 0) is 37.3 Å². The summed E-state index contributed by atoms with van der Waals surface area (Å²) in [4.78, 5) is 18.2. The van der Waals surface area contributed by atoms with E-state index in [0.717, 1.165) is 13.0 Å². The van der Waals surface area contributed by atoms with Crippen LogP contribution in [0.1, 0.15) is 29.6 Å². The van der Waals surface area contributed by atoms with Gasteiger partial charge in [-0.15, -0.1) is 0 Å². The zero-order valence-corrected chi connectivity index (χ0v) is 9.65. The van der Waals surface area contributed by atoms with E-state index in [1.165, 1.54) is 12.8 Å². The monoisotopic (exact) mass is 236 g/mol. The Kier molecular flexibility index (Phi) is 2.36. The number of likely N-dealkylation sites (tertiary alicyclic amines) is 1. The molecule has 2 heterocycles. The standard InChI is InChI=1S/C12H13ClN2O/c13-11-10(2-1-5-14-11)12(16)15-7-8-3-4-9(15)6-8/h1-2,5,8-9H,3-4,6-7H2/t8-,9-/m1/s1. The van der Waals surface area contributed by atoms with Crippen molar-refractivity contribution in [3.8, 4) is 0 Å². The van der Waals surface area contributed by atoms with E-state index < -0.39 is 0 Å². The Morgan fingerprint density at radius 3 is 3.00 bits per heavy atom. The van der Waals surface area contributed by atoms with Crippen molar-refractivity contribution in [2.75, 3.05) is 6.54 Å². The minimum atomic E-state index is 0.0466. The fraction of sp³-hybridized carbons (Fsp3) is 0.500. The zero-order chi connectivity index (χ0) is 11.1. The predicted molar refractivity (Wildman–Crippen MR) is 61.4 cm³/mol. The smallest absolute Gasteiger partial charge is 0.257 e. The van der Waals surface area contributed by atoms with Crippen LogP contribution in [0.4, 0.5) is 0 Å². The summed E-state index contributed by atoms with van der Waals surface area (Å²) in [5, 5.41) is 0.315. The van der Waals surface area contributed by atoms with Gasteiger partial charge in [0.25, 0.3) is 5.91 Å². The summed E-state index contributed by atoms with van der Waals surface area (Å²) < 4.78 is 0. The van der Waals surface area contributed by atoms with Crippen molar-refractivity contribution < 1.29 is 4.79 Å². The van der Waals surface area contributed by atoms with Crippen LogP contribution in [-0.2, 0) is 0 Å². The van der Waals surface area contributed by atoms with Gasteiger partial charge in [-0.1, -0.05) is 11.6 Å². The molecule has 3 rings (SSSR count). The van der Waals surface area contributed by atoms with Crippen LogP contribution in [0.2, 0.25) is 5.15 Å². The molecule has 0 spiro atoms. The molecule has 1 saturated heterocycles. The average molecular weight is 237 g/mol. The number of piperidine rings is 1. The van der Waals surface area contributed by atoms with Gasteiger partial charge in [-0.25, -0.2) is 4.98 Å². The maximum absolute atomic E-state index is 12.3. The Labute approximate surface area is 99.4 Å². The molecule has 2 fully saturated rings. The largest absolute Gasteiger partial charge is 0.335 e. The second-order valence-electron chi connectivity index (χ2n) is 4.63. The lowest BCUT2D eigenvalue weighted by molar-refractivity contribution is 0.0703. The van der Waals surface area contributed by atoms with Crippen molar-refractivity contribution >= 4 is 17.5 Å². The molecule has 0 radical (unpaired) electrons. The Morgan fingerprint density at radius 2 is 2.38 bits per heavy atom. The molecule has 1 aromatic rings. The van der Waals surface area contributed by atoms with E-state index in [-0.39, 0.29) is 5.91 Å². The first-order valence-electron chi connectivity index (χ1n) is 5.67. The minimum Gasteiger partial charge on any atom is -0.335 e. The van der Waals surface area contributed by atoms with Gasteiger partial charge >= 0.3 is 0 Å². The number of fused-ring (bicyclic) bond motifs is 2. The Morgan fingerprint density at radius 1 is 1.50 bits per heavy atom. The van der Waals surface area contributed by atoms with E-state index in [9.17, 15) is 4.79 Å². The lowest BCUT2D eigenvalue weighted by atomic mass is 10.1. The third-order valence-corrected chi connectivity index (χ3v) is 3.96. The summed E-state index contributed by atoms with van der Waals surface area (Å²) in [5.74, 6) is 0.759. The van der Waals surface area contributed by atoms with E-state index >= 15 is 0 Å². The first kappa shape index (κ1) is 10.1. The Hall–Kier alpha value is -1.09. The highest BCUT2D eigenvalue weighted by atomic mass is 35.5. The number of rotatable bonds is 1. The number of pyridine rings is 1. The summed E-state index contributed by atoms with van der Waals surface area (Å²) >= 11 is 5.94. The predicted octanol–water partition coefficient (Wildman–Crippen LogP) is 2.36. The lowest BCUT2D eigenvalue weighted by Crippen LogP contribution is -2.37. The number of hydrogen-bond donors (Lipinski definition) is 0. The fourth-order valence-electron chi connectivity index (χ4n) is 2.87. The molecule has 0 unspecified atom stereocenters. The highest BCUT2D eigenvalue weighted by molar-refractivity contribution is 6.32. The van der Waals surface area contributed by atoms with Gasteiger partial charge in [0, 0.05) is 18.8 Å².